The van der Waals surface area contributed by atoms with Crippen molar-refractivity contribution in [1.82, 2.24) is 24.7 Å². The average Bonchev–Trinajstić information content (AvgIpc) is 3.20. The quantitative estimate of drug-likeness (QED) is 0.686. The zero-order valence-corrected chi connectivity index (χ0v) is 15.0. The third kappa shape index (κ3) is 4.16. The summed E-state index contributed by atoms with van der Waals surface area (Å²) in [6.07, 6.45) is 6.08. The molecule has 1 aliphatic rings. The van der Waals surface area contributed by atoms with Crippen LogP contribution in [-0.2, 0) is 7.05 Å². The Kier molecular flexibility index (Phi) is 5.32. The van der Waals surface area contributed by atoms with E-state index in [9.17, 15) is 0 Å². The summed E-state index contributed by atoms with van der Waals surface area (Å²) in [5.41, 5.74) is 1.17. The SMILES string of the molecule is CC(C)Nc1nc(NCCO)nc(N2CCC[C@@H]2c2cnn(C)c2)n1. The Labute approximate surface area is 147 Å². The molecular formula is C16H26N8O. The number of rotatable bonds is 7. The van der Waals surface area contributed by atoms with Crippen molar-refractivity contribution in [3.05, 3.63) is 18.0 Å². The predicted octanol–water partition coefficient (Wildman–Crippen LogP) is 1.17. The van der Waals surface area contributed by atoms with Gasteiger partial charge in [0.05, 0.1) is 18.8 Å². The fraction of sp³-hybridized carbons (Fsp3) is 0.625. The predicted molar refractivity (Wildman–Crippen MR) is 96.7 cm³/mol. The number of nitrogens with zero attached hydrogens (tertiary/aromatic N) is 6. The van der Waals surface area contributed by atoms with Gasteiger partial charge in [-0.05, 0) is 26.7 Å². The Morgan fingerprint density at radius 1 is 1.28 bits per heavy atom. The van der Waals surface area contributed by atoms with Crippen LogP contribution in [0.4, 0.5) is 17.8 Å². The van der Waals surface area contributed by atoms with Gasteiger partial charge in [0.1, 0.15) is 0 Å². The fourth-order valence-corrected chi connectivity index (χ4v) is 3.03. The van der Waals surface area contributed by atoms with Crippen LogP contribution in [0.15, 0.2) is 12.4 Å². The van der Waals surface area contributed by atoms with E-state index in [2.05, 4.69) is 35.6 Å². The molecule has 1 atom stereocenters. The second-order valence-corrected chi connectivity index (χ2v) is 6.53. The Morgan fingerprint density at radius 3 is 2.76 bits per heavy atom. The second kappa shape index (κ2) is 7.64. The zero-order valence-electron chi connectivity index (χ0n) is 15.0. The van der Waals surface area contributed by atoms with Gasteiger partial charge in [0.15, 0.2) is 0 Å². The number of anilines is 3. The molecule has 3 N–H and O–H groups in total. The fourth-order valence-electron chi connectivity index (χ4n) is 3.03. The van der Waals surface area contributed by atoms with Crippen LogP contribution in [-0.4, -0.2) is 55.6 Å². The average molecular weight is 346 g/mol. The standard InChI is InChI=1S/C16H26N8O/c1-11(2)19-15-20-14(17-6-8-25)21-16(22-15)24-7-4-5-13(24)12-9-18-23(3)10-12/h9-11,13,25H,4-8H2,1-3H3,(H2,17,19,20,21,22)/t13-/m1/s1. The lowest BCUT2D eigenvalue weighted by Crippen LogP contribution is -2.26. The molecule has 2 aromatic rings. The van der Waals surface area contributed by atoms with E-state index in [1.807, 2.05) is 38.0 Å². The van der Waals surface area contributed by atoms with Crippen molar-refractivity contribution in [2.45, 2.75) is 38.8 Å². The normalized spacial score (nSPS) is 17.3. The Balaban J connectivity index is 1.90. The maximum Gasteiger partial charge on any atom is 0.232 e. The molecular weight excluding hydrogens is 320 g/mol. The highest BCUT2D eigenvalue weighted by Gasteiger charge is 2.29. The van der Waals surface area contributed by atoms with Crippen molar-refractivity contribution in [2.75, 3.05) is 35.2 Å². The van der Waals surface area contributed by atoms with E-state index < -0.39 is 0 Å². The van der Waals surface area contributed by atoms with E-state index >= 15 is 0 Å². The van der Waals surface area contributed by atoms with E-state index in [0.29, 0.717) is 24.4 Å². The van der Waals surface area contributed by atoms with Gasteiger partial charge in [0.25, 0.3) is 0 Å². The van der Waals surface area contributed by atoms with Crippen molar-refractivity contribution >= 4 is 17.8 Å². The van der Waals surface area contributed by atoms with Gasteiger partial charge < -0.3 is 20.6 Å². The third-order valence-electron chi connectivity index (χ3n) is 4.06. The maximum absolute atomic E-state index is 9.05. The molecule has 2 aromatic heterocycles. The molecule has 1 aliphatic heterocycles. The van der Waals surface area contributed by atoms with Crippen molar-refractivity contribution in [3.8, 4) is 0 Å². The highest BCUT2D eigenvalue weighted by Crippen LogP contribution is 2.34. The van der Waals surface area contributed by atoms with Crippen LogP contribution < -0.4 is 15.5 Å². The number of hydrogen-bond donors (Lipinski definition) is 3. The van der Waals surface area contributed by atoms with Crippen LogP contribution in [0.25, 0.3) is 0 Å². The smallest absolute Gasteiger partial charge is 0.232 e. The summed E-state index contributed by atoms with van der Waals surface area (Å²) in [5.74, 6) is 1.65. The van der Waals surface area contributed by atoms with Gasteiger partial charge in [-0.2, -0.15) is 20.1 Å². The van der Waals surface area contributed by atoms with Crippen LogP contribution in [0.2, 0.25) is 0 Å². The first-order chi connectivity index (χ1) is 12.1. The van der Waals surface area contributed by atoms with Gasteiger partial charge >= 0.3 is 0 Å². The minimum atomic E-state index is 0.0238. The number of nitrogens with one attached hydrogen (secondary N) is 2. The van der Waals surface area contributed by atoms with Gasteiger partial charge in [-0.3, -0.25) is 4.68 Å². The summed E-state index contributed by atoms with van der Waals surface area (Å²) >= 11 is 0. The summed E-state index contributed by atoms with van der Waals surface area (Å²) < 4.78 is 1.82. The molecule has 9 nitrogen and oxygen atoms in total. The van der Waals surface area contributed by atoms with Gasteiger partial charge in [0, 0.05) is 37.9 Å². The molecule has 25 heavy (non-hydrogen) atoms. The van der Waals surface area contributed by atoms with E-state index in [1.165, 1.54) is 5.56 Å². The van der Waals surface area contributed by atoms with Gasteiger partial charge in [-0.25, -0.2) is 0 Å². The van der Waals surface area contributed by atoms with E-state index in [1.54, 1.807) is 0 Å². The molecule has 3 rings (SSSR count). The maximum atomic E-state index is 9.05. The van der Waals surface area contributed by atoms with Crippen LogP contribution in [0.3, 0.4) is 0 Å². The Morgan fingerprint density at radius 2 is 2.08 bits per heavy atom. The lowest BCUT2D eigenvalue weighted by molar-refractivity contribution is 0.311. The van der Waals surface area contributed by atoms with Gasteiger partial charge in [-0.1, -0.05) is 0 Å². The molecule has 1 saturated heterocycles. The highest BCUT2D eigenvalue weighted by atomic mass is 16.3. The van der Waals surface area contributed by atoms with Crippen molar-refractivity contribution in [1.29, 1.82) is 0 Å². The minimum Gasteiger partial charge on any atom is -0.395 e. The topological polar surface area (TPSA) is 104 Å². The van der Waals surface area contributed by atoms with Crippen LogP contribution in [0.1, 0.15) is 38.3 Å². The largest absolute Gasteiger partial charge is 0.395 e. The Bertz CT molecular complexity index is 701. The van der Waals surface area contributed by atoms with Crippen molar-refractivity contribution in [2.24, 2.45) is 7.05 Å². The molecule has 0 aromatic carbocycles. The summed E-state index contributed by atoms with van der Waals surface area (Å²) in [4.78, 5) is 15.8. The first-order valence-corrected chi connectivity index (χ1v) is 8.69. The second-order valence-electron chi connectivity index (χ2n) is 6.53. The molecule has 0 aliphatic carbocycles. The summed E-state index contributed by atoms with van der Waals surface area (Å²) in [5, 5.41) is 19.6. The molecule has 1 fully saturated rings. The Hall–Kier alpha value is -2.42. The lowest BCUT2D eigenvalue weighted by atomic mass is 10.1. The van der Waals surface area contributed by atoms with E-state index in [0.717, 1.165) is 19.4 Å². The third-order valence-corrected chi connectivity index (χ3v) is 4.06. The number of aryl methyl sites for hydroxylation is 1. The van der Waals surface area contributed by atoms with Crippen LogP contribution in [0, 0.1) is 0 Å². The minimum absolute atomic E-state index is 0.0238. The first-order valence-electron chi connectivity index (χ1n) is 8.69. The zero-order chi connectivity index (χ0) is 17.8. The summed E-state index contributed by atoms with van der Waals surface area (Å²) in [6.45, 7) is 5.40. The molecule has 0 bridgehead atoms. The first kappa shape index (κ1) is 17.4. The van der Waals surface area contributed by atoms with Gasteiger partial charge in [-0.15, -0.1) is 0 Å². The highest BCUT2D eigenvalue weighted by molar-refractivity contribution is 5.46. The molecule has 0 spiro atoms. The molecule has 136 valence electrons. The van der Waals surface area contributed by atoms with Gasteiger partial charge in [0.2, 0.25) is 17.8 Å². The van der Waals surface area contributed by atoms with Crippen LogP contribution in [0.5, 0.6) is 0 Å². The number of aliphatic hydroxyl groups is 1. The van der Waals surface area contributed by atoms with Crippen LogP contribution >= 0.6 is 0 Å². The van der Waals surface area contributed by atoms with Crippen molar-refractivity contribution in [3.63, 3.8) is 0 Å². The number of aliphatic hydroxyl groups excluding tert-OH is 1. The summed E-state index contributed by atoms with van der Waals surface area (Å²) in [6, 6.07) is 0.433. The monoisotopic (exact) mass is 346 g/mol. The molecule has 0 saturated carbocycles. The van der Waals surface area contributed by atoms with E-state index in [-0.39, 0.29) is 18.7 Å². The molecule has 0 radical (unpaired) electrons. The lowest BCUT2D eigenvalue weighted by Gasteiger charge is -2.24. The van der Waals surface area contributed by atoms with E-state index in [4.69, 9.17) is 5.11 Å². The molecule has 0 unspecified atom stereocenters. The molecule has 9 heteroatoms. The van der Waals surface area contributed by atoms with Crippen molar-refractivity contribution < 1.29 is 5.11 Å². The number of hydrogen-bond acceptors (Lipinski definition) is 8. The molecule has 0 amide bonds. The summed E-state index contributed by atoms with van der Waals surface area (Å²) in [7, 11) is 1.92. The molecule has 3 heterocycles. The number of aromatic nitrogens is 5.